The molecule has 21 heavy (non-hydrogen) atoms. The standard InChI is InChI=1S/C15H26N4OS/c1-4-21-13-8-6-5-7-12(13)16-10-15(20)17-14-9-11(2)18-19(14)3/h9,12-13,16H,4-8,10H2,1-3H3,(H,17,20)/t12-,13+/m0/s1. The summed E-state index contributed by atoms with van der Waals surface area (Å²) < 4.78 is 1.70. The number of nitrogens with one attached hydrogen (secondary N) is 2. The smallest absolute Gasteiger partial charge is 0.239 e. The minimum absolute atomic E-state index is 0.00354. The van der Waals surface area contributed by atoms with Crippen LogP contribution in [0.15, 0.2) is 6.07 Å². The summed E-state index contributed by atoms with van der Waals surface area (Å²) in [5.74, 6) is 1.90. The van der Waals surface area contributed by atoms with E-state index < -0.39 is 0 Å². The number of thioether (sulfide) groups is 1. The molecule has 5 nitrogen and oxygen atoms in total. The lowest BCUT2D eigenvalue weighted by molar-refractivity contribution is -0.115. The highest BCUT2D eigenvalue weighted by molar-refractivity contribution is 7.99. The summed E-state index contributed by atoms with van der Waals surface area (Å²) in [6.07, 6.45) is 5.02. The molecule has 0 aromatic carbocycles. The van der Waals surface area contributed by atoms with Crippen LogP contribution in [-0.2, 0) is 11.8 Å². The van der Waals surface area contributed by atoms with Crippen molar-refractivity contribution >= 4 is 23.5 Å². The summed E-state index contributed by atoms with van der Waals surface area (Å²) >= 11 is 2.01. The van der Waals surface area contributed by atoms with Gasteiger partial charge in [0.05, 0.1) is 12.2 Å². The van der Waals surface area contributed by atoms with Gasteiger partial charge in [-0.3, -0.25) is 9.48 Å². The van der Waals surface area contributed by atoms with Gasteiger partial charge >= 0.3 is 0 Å². The van der Waals surface area contributed by atoms with E-state index in [-0.39, 0.29) is 5.91 Å². The normalized spacial score (nSPS) is 22.2. The molecule has 1 aromatic heterocycles. The molecule has 1 heterocycles. The van der Waals surface area contributed by atoms with Crippen LogP contribution >= 0.6 is 11.8 Å². The van der Waals surface area contributed by atoms with E-state index >= 15 is 0 Å². The van der Waals surface area contributed by atoms with Crippen LogP contribution in [0.1, 0.15) is 38.3 Å². The zero-order valence-electron chi connectivity index (χ0n) is 13.2. The maximum Gasteiger partial charge on any atom is 0.239 e. The number of rotatable bonds is 6. The first-order valence-electron chi connectivity index (χ1n) is 7.75. The summed E-state index contributed by atoms with van der Waals surface area (Å²) in [5.41, 5.74) is 0.910. The van der Waals surface area contributed by atoms with Gasteiger partial charge in [0, 0.05) is 24.4 Å². The zero-order chi connectivity index (χ0) is 15.2. The molecule has 1 aliphatic rings. The van der Waals surface area contributed by atoms with E-state index in [2.05, 4.69) is 22.7 Å². The molecule has 118 valence electrons. The van der Waals surface area contributed by atoms with Gasteiger partial charge in [-0.25, -0.2) is 0 Å². The number of anilines is 1. The number of hydrogen-bond donors (Lipinski definition) is 2. The zero-order valence-corrected chi connectivity index (χ0v) is 14.0. The molecule has 0 aliphatic heterocycles. The molecule has 0 unspecified atom stereocenters. The van der Waals surface area contributed by atoms with Crippen molar-refractivity contribution in [2.24, 2.45) is 7.05 Å². The Labute approximate surface area is 131 Å². The Balaban J connectivity index is 1.81. The van der Waals surface area contributed by atoms with E-state index in [0.29, 0.717) is 17.8 Å². The highest BCUT2D eigenvalue weighted by Gasteiger charge is 2.25. The van der Waals surface area contributed by atoms with E-state index in [1.807, 2.05) is 31.8 Å². The van der Waals surface area contributed by atoms with Gasteiger partial charge < -0.3 is 10.6 Å². The Kier molecular flexibility index (Phi) is 6.11. The second-order valence-corrected chi connectivity index (χ2v) is 7.12. The molecule has 1 fully saturated rings. The molecule has 1 aliphatic carbocycles. The first-order valence-corrected chi connectivity index (χ1v) is 8.80. The highest BCUT2D eigenvalue weighted by atomic mass is 32.2. The first kappa shape index (κ1) is 16.4. The molecular formula is C15H26N4OS. The lowest BCUT2D eigenvalue weighted by atomic mass is 9.95. The molecule has 6 heteroatoms. The SMILES string of the molecule is CCS[C@@H]1CCCC[C@@H]1NCC(=O)Nc1cc(C)nn1C. The fourth-order valence-electron chi connectivity index (χ4n) is 2.88. The molecule has 2 atom stereocenters. The molecule has 0 radical (unpaired) electrons. The summed E-state index contributed by atoms with van der Waals surface area (Å²) in [4.78, 5) is 12.1. The lowest BCUT2D eigenvalue weighted by Crippen LogP contribution is -2.44. The second-order valence-electron chi connectivity index (χ2n) is 5.61. The number of aryl methyl sites for hydroxylation is 2. The number of amides is 1. The van der Waals surface area contributed by atoms with Crippen LogP contribution in [0.5, 0.6) is 0 Å². The van der Waals surface area contributed by atoms with Crippen molar-refractivity contribution in [2.75, 3.05) is 17.6 Å². The van der Waals surface area contributed by atoms with Crippen LogP contribution in [0.25, 0.3) is 0 Å². The Morgan fingerprint density at radius 2 is 2.24 bits per heavy atom. The molecule has 2 rings (SSSR count). The van der Waals surface area contributed by atoms with Crippen LogP contribution in [0.3, 0.4) is 0 Å². The predicted molar refractivity (Wildman–Crippen MR) is 88.8 cm³/mol. The van der Waals surface area contributed by atoms with Crippen molar-refractivity contribution in [2.45, 2.75) is 50.8 Å². The third-order valence-electron chi connectivity index (χ3n) is 3.88. The number of nitrogens with zero attached hydrogens (tertiary/aromatic N) is 2. The van der Waals surface area contributed by atoms with E-state index in [1.54, 1.807) is 4.68 Å². The maximum absolute atomic E-state index is 12.1. The Bertz CT molecular complexity index is 472. The lowest BCUT2D eigenvalue weighted by Gasteiger charge is -2.31. The van der Waals surface area contributed by atoms with Crippen molar-refractivity contribution < 1.29 is 4.79 Å². The molecule has 1 amide bonds. The quantitative estimate of drug-likeness (QED) is 0.846. The molecule has 2 N–H and O–H groups in total. The first-order chi connectivity index (χ1) is 10.1. The maximum atomic E-state index is 12.1. The number of aromatic nitrogens is 2. The van der Waals surface area contributed by atoms with Crippen molar-refractivity contribution in [3.63, 3.8) is 0 Å². The van der Waals surface area contributed by atoms with Gasteiger partial charge in [0.1, 0.15) is 5.82 Å². The van der Waals surface area contributed by atoms with Crippen molar-refractivity contribution in [1.29, 1.82) is 0 Å². The summed E-state index contributed by atoms with van der Waals surface area (Å²) in [6.45, 7) is 4.49. The van der Waals surface area contributed by atoms with Gasteiger partial charge in [-0.05, 0) is 25.5 Å². The predicted octanol–water partition coefficient (Wildman–Crippen LogP) is 2.32. The average molecular weight is 310 g/mol. The molecule has 0 bridgehead atoms. The van der Waals surface area contributed by atoms with Crippen LogP contribution in [0, 0.1) is 6.92 Å². The van der Waals surface area contributed by atoms with Crippen LogP contribution < -0.4 is 10.6 Å². The summed E-state index contributed by atoms with van der Waals surface area (Å²) in [5, 5.41) is 11.2. The van der Waals surface area contributed by atoms with Crippen LogP contribution in [-0.4, -0.2) is 39.3 Å². The van der Waals surface area contributed by atoms with Crippen LogP contribution in [0.2, 0.25) is 0 Å². The Morgan fingerprint density at radius 3 is 2.90 bits per heavy atom. The van der Waals surface area contributed by atoms with Crippen molar-refractivity contribution in [1.82, 2.24) is 15.1 Å². The minimum atomic E-state index is 0.00354. The largest absolute Gasteiger partial charge is 0.310 e. The molecular weight excluding hydrogens is 284 g/mol. The summed E-state index contributed by atoms with van der Waals surface area (Å²) in [6, 6.07) is 2.34. The van der Waals surface area contributed by atoms with Gasteiger partial charge in [0.15, 0.2) is 0 Å². The van der Waals surface area contributed by atoms with Gasteiger partial charge in [0.25, 0.3) is 0 Å². The van der Waals surface area contributed by atoms with E-state index in [1.165, 1.54) is 25.7 Å². The van der Waals surface area contributed by atoms with Gasteiger partial charge in [-0.1, -0.05) is 19.8 Å². The van der Waals surface area contributed by atoms with Crippen LogP contribution in [0.4, 0.5) is 5.82 Å². The second kappa shape index (κ2) is 7.84. The molecule has 1 saturated carbocycles. The average Bonchev–Trinajstić information content (AvgIpc) is 2.76. The third-order valence-corrected chi connectivity index (χ3v) is 5.20. The van der Waals surface area contributed by atoms with E-state index in [0.717, 1.165) is 17.3 Å². The molecule has 0 spiro atoms. The Morgan fingerprint density at radius 1 is 1.48 bits per heavy atom. The topological polar surface area (TPSA) is 59.0 Å². The van der Waals surface area contributed by atoms with Crippen molar-refractivity contribution in [3.8, 4) is 0 Å². The van der Waals surface area contributed by atoms with E-state index in [9.17, 15) is 4.79 Å². The van der Waals surface area contributed by atoms with E-state index in [4.69, 9.17) is 0 Å². The fourth-order valence-corrected chi connectivity index (χ4v) is 4.11. The Hall–Kier alpha value is -1.01. The fraction of sp³-hybridized carbons (Fsp3) is 0.733. The van der Waals surface area contributed by atoms with Gasteiger partial charge in [-0.15, -0.1) is 0 Å². The monoisotopic (exact) mass is 310 g/mol. The summed E-state index contributed by atoms with van der Waals surface area (Å²) in [7, 11) is 1.84. The van der Waals surface area contributed by atoms with Gasteiger partial charge in [-0.2, -0.15) is 16.9 Å². The third kappa shape index (κ3) is 4.74. The van der Waals surface area contributed by atoms with Crippen molar-refractivity contribution in [3.05, 3.63) is 11.8 Å². The number of carbonyl (C=O) groups excluding carboxylic acids is 1. The minimum Gasteiger partial charge on any atom is -0.310 e. The molecule has 0 saturated heterocycles. The highest BCUT2D eigenvalue weighted by Crippen LogP contribution is 2.28. The molecule has 1 aromatic rings. The van der Waals surface area contributed by atoms with Gasteiger partial charge in [0.2, 0.25) is 5.91 Å². The number of hydrogen-bond acceptors (Lipinski definition) is 4. The number of carbonyl (C=O) groups is 1.